The molecule has 0 unspecified atom stereocenters. The van der Waals surface area contributed by atoms with Gasteiger partial charge in [0.05, 0.1) is 23.0 Å². The van der Waals surface area contributed by atoms with Crippen molar-refractivity contribution in [2.24, 2.45) is 0 Å². The Hall–Kier alpha value is -2.97. The number of nitrogens with one attached hydrogen (secondary N) is 1. The molecule has 0 aromatic heterocycles. The molecule has 0 spiro atoms. The van der Waals surface area contributed by atoms with E-state index in [-0.39, 0.29) is 4.90 Å². The zero-order valence-electron chi connectivity index (χ0n) is 25.0. The number of anilines is 1. The summed E-state index contributed by atoms with van der Waals surface area (Å²) in [5.74, 6) is 0.705. The molecule has 2 aliphatic heterocycles. The largest absolute Gasteiger partial charge is 0.456 e. The second kappa shape index (κ2) is 13.8. The van der Waals surface area contributed by atoms with Gasteiger partial charge in [-0.3, -0.25) is 0 Å². The van der Waals surface area contributed by atoms with Gasteiger partial charge in [0.25, 0.3) is 0 Å². The SMILES string of the molecule is CCN(CC)c1ccc2c(-c3ccc(S(=O)(=O)N4CCNCC4)cc3SOOO)c3ccc(=[N+](CC)CC)cc-3oc2c1. The fourth-order valence-electron chi connectivity index (χ4n) is 5.75. The molecule has 2 heterocycles. The van der Waals surface area contributed by atoms with E-state index < -0.39 is 10.0 Å². The molecule has 0 bridgehead atoms. The van der Waals surface area contributed by atoms with Gasteiger partial charge >= 0.3 is 0 Å². The first-order valence-corrected chi connectivity index (χ1v) is 16.9. The molecule has 5 rings (SSSR count). The average Bonchev–Trinajstić information content (AvgIpc) is 3.04. The average molecular weight is 628 g/mol. The molecule has 0 atom stereocenters. The van der Waals surface area contributed by atoms with Crippen LogP contribution >= 0.6 is 12.0 Å². The maximum absolute atomic E-state index is 13.5. The van der Waals surface area contributed by atoms with Crippen LogP contribution in [0.4, 0.5) is 5.69 Å². The van der Waals surface area contributed by atoms with Crippen LogP contribution in [0.1, 0.15) is 27.7 Å². The number of hydrogen-bond acceptors (Lipinski definition) is 9. The van der Waals surface area contributed by atoms with E-state index in [4.69, 9.17) is 14.0 Å². The first kappa shape index (κ1) is 31.5. The summed E-state index contributed by atoms with van der Waals surface area (Å²) < 4.78 is 42.3. The zero-order valence-corrected chi connectivity index (χ0v) is 26.6. The minimum Gasteiger partial charge on any atom is -0.456 e. The van der Waals surface area contributed by atoms with E-state index in [1.54, 1.807) is 18.2 Å². The molecule has 12 heteroatoms. The van der Waals surface area contributed by atoms with E-state index >= 15 is 0 Å². The smallest absolute Gasteiger partial charge is 0.243 e. The van der Waals surface area contributed by atoms with Crippen LogP contribution in [0, 0.1) is 0 Å². The Morgan fingerprint density at radius 1 is 0.977 bits per heavy atom. The van der Waals surface area contributed by atoms with E-state index in [1.807, 2.05) is 12.1 Å². The minimum absolute atomic E-state index is 0.143. The van der Waals surface area contributed by atoms with Crippen molar-refractivity contribution in [3.05, 3.63) is 60.0 Å². The Morgan fingerprint density at radius 3 is 2.37 bits per heavy atom. The van der Waals surface area contributed by atoms with Crippen LogP contribution in [0.5, 0.6) is 0 Å². The minimum atomic E-state index is -3.74. The van der Waals surface area contributed by atoms with Crippen LogP contribution in [0.3, 0.4) is 0 Å². The molecular formula is C31H39N4O6S2+. The lowest BCUT2D eigenvalue weighted by molar-refractivity contribution is -0.432. The lowest BCUT2D eigenvalue weighted by atomic mass is 9.93. The number of benzene rings is 3. The third-order valence-corrected chi connectivity index (χ3v) is 10.6. The molecule has 10 nitrogen and oxygen atoms in total. The van der Waals surface area contributed by atoms with Gasteiger partial charge in [0.1, 0.15) is 24.4 Å². The zero-order chi connectivity index (χ0) is 30.6. The Morgan fingerprint density at radius 2 is 1.70 bits per heavy atom. The maximum atomic E-state index is 13.5. The van der Waals surface area contributed by atoms with Crippen molar-refractivity contribution < 1.29 is 27.5 Å². The molecule has 3 aliphatic rings. The summed E-state index contributed by atoms with van der Waals surface area (Å²) in [5, 5.41) is 18.1. The van der Waals surface area contributed by atoms with Crippen molar-refractivity contribution in [3.63, 3.8) is 0 Å². The lowest BCUT2D eigenvalue weighted by Crippen LogP contribution is -2.46. The third-order valence-electron chi connectivity index (χ3n) is 8.04. The van der Waals surface area contributed by atoms with E-state index in [9.17, 15) is 8.42 Å². The first-order valence-electron chi connectivity index (χ1n) is 14.7. The summed E-state index contributed by atoms with van der Waals surface area (Å²) in [6, 6.07) is 17.4. The molecule has 0 radical (unpaired) electrons. The molecule has 1 saturated heterocycles. The Kier molecular flexibility index (Phi) is 10.1. The lowest BCUT2D eigenvalue weighted by Gasteiger charge is -2.27. The van der Waals surface area contributed by atoms with Crippen LogP contribution in [-0.2, 0) is 19.4 Å². The van der Waals surface area contributed by atoms with E-state index in [0.29, 0.717) is 42.4 Å². The predicted molar refractivity (Wildman–Crippen MR) is 170 cm³/mol. The fraction of sp³-hybridized carbons (Fsp3) is 0.387. The highest BCUT2D eigenvalue weighted by molar-refractivity contribution is 7.94. The van der Waals surface area contributed by atoms with Crippen LogP contribution in [0.15, 0.2) is 68.8 Å². The standard InChI is InChI=1S/C31H38N4O6S2/c1-5-33(6-2)22-9-12-25-28(19-22)39-29-20-23(34(7-3)8-4)10-13-26(29)31(25)27-14-11-24(21-30(27)42-41-40-36)43(37,38)35-17-15-32-16-18-35/h9-14,19-21,32H,5-8,15-18H2,1-4H3/p+1. The highest BCUT2D eigenvalue weighted by atomic mass is 32.2. The Balaban J connectivity index is 1.78. The van der Waals surface area contributed by atoms with Gasteiger partial charge in [-0.1, -0.05) is 11.1 Å². The summed E-state index contributed by atoms with van der Waals surface area (Å²) in [6.07, 6.45) is 0. The Bertz CT molecular complexity index is 1720. The second-order valence-electron chi connectivity index (χ2n) is 10.2. The molecule has 2 aromatic carbocycles. The molecule has 1 fully saturated rings. The van der Waals surface area contributed by atoms with Crippen molar-refractivity contribution >= 4 is 38.7 Å². The van der Waals surface area contributed by atoms with E-state index in [2.05, 4.69) is 71.8 Å². The van der Waals surface area contributed by atoms with Crippen molar-refractivity contribution in [1.29, 1.82) is 0 Å². The summed E-state index contributed by atoms with van der Waals surface area (Å²) in [6.45, 7) is 13.9. The molecule has 0 amide bonds. The highest BCUT2D eigenvalue weighted by Gasteiger charge is 2.28. The topological polar surface area (TPSA) is 107 Å². The molecule has 2 N–H and O–H groups in total. The van der Waals surface area contributed by atoms with Gasteiger partial charge in [-0.25, -0.2) is 18.3 Å². The maximum Gasteiger partial charge on any atom is 0.243 e. The molecular weight excluding hydrogens is 588 g/mol. The van der Waals surface area contributed by atoms with Crippen LogP contribution in [0.25, 0.3) is 33.4 Å². The number of fused-ring (bicyclic) bond motifs is 2. The summed E-state index contributed by atoms with van der Waals surface area (Å²) in [7, 11) is -3.74. The van der Waals surface area contributed by atoms with E-state index in [1.165, 1.54) is 4.31 Å². The first-order chi connectivity index (χ1) is 20.9. The fourth-order valence-corrected chi connectivity index (χ4v) is 7.83. The predicted octanol–water partition coefficient (Wildman–Crippen LogP) is 4.89. The van der Waals surface area contributed by atoms with Gasteiger partial charge in [0.2, 0.25) is 15.4 Å². The van der Waals surface area contributed by atoms with Gasteiger partial charge in [-0.2, -0.15) is 4.31 Å². The highest BCUT2D eigenvalue weighted by Crippen LogP contribution is 2.45. The van der Waals surface area contributed by atoms with Crippen LogP contribution in [-0.4, -0.2) is 70.3 Å². The summed E-state index contributed by atoms with van der Waals surface area (Å²) in [5.41, 5.74) is 4.21. The second-order valence-corrected chi connectivity index (χ2v) is 12.9. The van der Waals surface area contributed by atoms with Crippen molar-refractivity contribution in [2.75, 3.05) is 57.3 Å². The molecule has 0 saturated carbocycles. The van der Waals surface area contributed by atoms with Crippen molar-refractivity contribution in [3.8, 4) is 22.5 Å². The summed E-state index contributed by atoms with van der Waals surface area (Å²) >= 11 is 0.752. The van der Waals surface area contributed by atoms with Crippen molar-refractivity contribution in [2.45, 2.75) is 37.5 Å². The van der Waals surface area contributed by atoms with Gasteiger partial charge < -0.3 is 14.6 Å². The summed E-state index contributed by atoms with van der Waals surface area (Å²) in [4.78, 5) is 2.87. The molecule has 1 aliphatic carbocycles. The third kappa shape index (κ3) is 6.32. The van der Waals surface area contributed by atoms with Gasteiger partial charge in [0, 0.05) is 78.5 Å². The monoisotopic (exact) mass is 627 g/mol. The number of hydrogen-bond donors (Lipinski definition) is 2. The molecule has 43 heavy (non-hydrogen) atoms. The number of piperazine rings is 1. The van der Waals surface area contributed by atoms with Crippen LogP contribution in [0.2, 0.25) is 0 Å². The quantitative estimate of drug-likeness (QED) is 0.0791. The molecule has 230 valence electrons. The number of rotatable bonds is 11. The van der Waals surface area contributed by atoms with Gasteiger partial charge in [-0.05, 0) is 63.6 Å². The van der Waals surface area contributed by atoms with Crippen molar-refractivity contribution in [1.82, 2.24) is 14.2 Å². The number of nitrogens with zero attached hydrogens (tertiary/aromatic N) is 3. The van der Waals surface area contributed by atoms with Gasteiger partial charge in [-0.15, -0.1) is 4.33 Å². The normalized spacial score (nSPS) is 14.4. The molecule has 2 aromatic rings. The van der Waals surface area contributed by atoms with E-state index in [0.717, 1.165) is 71.3 Å². The van der Waals surface area contributed by atoms with Crippen LogP contribution < -0.4 is 20.1 Å². The van der Waals surface area contributed by atoms with Gasteiger partial charge in [0.15, 0.2) is 0 Å². The Labute approximate surface area is 257 Å². The number of sulfonamides is 1.